The Hall–Kier alpha value is -2.67. The summed E-state index contributed by atoms with van der Waals surface area (Å²) < 4.78 is 0. The van der Waals surface area contributed by atoms with E-state index in [2.05, 4.69) is 28.6 Å². The second kappa shape index (κ2) is 12.9. The lowest BCUT2D eigenvalue weighted by Gasteiger charge is -2.23. The number of Topliss-reactive ketones (excluding diaryl/α,β-unsaturated/α-hetero) is 1. The third-order valence-electron chi connectivity index (χ3n) is 4.82. The largest absolute Gasteiger partial charge is 0.481 e. The highest BCUT2D eigenvalue weighted by Crippen LogP contribution is 2.28. The van der Waals surface area contributed by atoms with Crippen molar-refractivity contribution in [1.82, 2.24) is 16.0 Å². The number of nitrogens with one attached hydrogen (secondary N) is 3. The van der Waals surface area contributed by atoms with Gasteiger partial charge in [0.2, 0.25) is 17.7 Å². The van der Waals surface area contributed by atoms with Crippen molar-refractivity contribution in [2.45, 2.75) is 56.7 Å². The minimum Gasteiger partial charge on any atom is -0.481 e. The van der Waals surface area contributed by atoms with Gasteiger partial charge in [-0.05, 0) is 12.8 Å². The molecule has 12 nitrogen and oxygen atoms in total. The van der Waals surface area contributed by atoms with Crippen LogP contribution in [0.15, 0.2) is 0 Å². The van der Waals surface area contributed by atoms with Gasteiger partial charge < -0.3 is 31.9 Å². The topological polar surface area (TPSA) is 205 Å². The van der Waals surface area contributed by atoms with Crippen LogP contribution in [0.5, 0.6) is 0 Å². The summed E-state index contributed by atoms with van der Waals surface area (Å²) in [6, 6.07) is -4.25. The molecule has 1 saturated carbocycles. The molecule has 3 unspecified atom stereocenters. The Balaban J connectivity index is 2.51. The van der Waals surface area contributed by atoms with Crippen molar-refractivity contribution in [3.63, 3.8) is 0 Å². The minimum atomic E-state index is -1.58. The van der Waals surface area contributed by atoms with Gasteiger partial charge in [0.05, 0.1) is 6.42 Å². The van der Waals surface area contributed by atoms with Gasteiger partial charge in [-0.15, -0.1) is 0 Å². The van der Waals surface area contributed by atoms with E-state index in [1.54, 1.807) is 0 Å². The van der Waals surface area contributed by atoms with Crippen LogP contribution in [0.2, 0.25) is 0 Å². The third-order valence-corrected chi connectivity index (χ3v) is 5.19. The second-order valence-corrected chi connectivity index (χ2v) is 7.61. The van der Waals surface area contributed by atoms with Crippen LogP contribution in [0.4, 0.5) is 0 Å². The molecule has 0 saturated heterocycles. The molecule has 174 valence electrons. The highest BCUT2D eigenvalue weighted by Gasteiger charge is 2.29. The van der Waals surface area contributed by atoms with Gasteiger partial charge in [0, 0.05) is 31.1 Å². The van der Waals surface area contributed by atoms with Gasteiger partial charge in [0.25, 0.3) is 0 Å². The molecule has 0 radical (unpaired) electrons. The van der Waals surface area contributed by atoms with E-state index in [9.17, 15) is 28.8 Å². The number of nitrogens with two attached hydrogens (primary N) is 1. The van der Waals surface area contributed by atoms with Gasteiger partial charge in [-0.25, -0.2) is 4.79 Å². The van der Waals surface area contributed by atoms with Gasteiger partial charge in [0.15, 0.2) is 0 Å². The summed E-state index contributed by atoms with van der Waals surface area (Å²) in [5, 5.41) is 24.5. The molecule has 0 aliphatic heterocycles. The summed E-state index contributed by atoms with van der Waals surface area (Å²) in [6.45, 7) is -0.294. The summed E-state index contributed by atoms with van der Waals surface area (Å²) in [5.74, 6) is -5.37. The number of hydrogen-bond donors (Lipinski definition) is 7. The Morgan fingerprint density at radius 1 is 0.968 bits per heavy atom. The van der Waals surface area contributed by atoms with E-state index in [1.807, 2.05) is 0 Å². The van der Waals surface area contributed by atoms with E-state index in [-0.39, 0.29) is 36.8 Å². The summed E-state index contributed by atoms with van der Waals surface area (Å²) in [7, 11) is 0. The molecule has 31 heavy (non-hydrogen) atoms. The fourth-order valence-electron chi connectivity index (χ4n) is 2.70. The van der Waals surface area contributed by atoms with Crippen LogP contribution in [0.1, 0.15) is 38.5 Å². The van der Waals surface area contributed by atoms with Crippen molar-refractivity contribution in [2.75, 3.05) is 12.3 Å². The SMILES string of the molecule is NC(CNC(=O)CCC(=O)C1CCC1)C(=O)NC(CC(=O)O)C(=O)NC(CS)C(=O)O. The molecule has 0 spiro atoms. The van der Waals surface area contributed by atoms with E-state index in [0.717, 1.165) is 19.3 Å². The van der Waals surface area contributed by atoms with Crippen LogP contribution in [0.25, 0.3) is 0 Å². The molecule has 7 N–H and O–H groups in total. The van der Waals surface area contributed by atoms with E-state index in [4.69, 9.17) is 15.9 Å². The fourth-order valence-corrected chi connectivity index (χ4v) is 2.94. The van der Waals surface area contributed by atoms with Crippen molar-refractivity contribution in [1.29, 1.82) is 0 Å². The Labute approximate surface area is 184 Å². The molecular weight excluding hydrogens is 432 g/mol. The molecule has 1 aliphatic rings. The quantitative estimate of drug-likeness (QED) is 0.143. The number of rotatable bonds is 14. The van der Waals surface area contributed by atoms with Gasteiger partial charge in [-0.1, -0.05) is 6.42 Å². The number of carboxylic acids is 2. The molecule has 3 amide bonds. The Bertz CT molecular complexity index is 713. The third kappa shape index (κ3) is 9.34. The maximum Gasteiger partial charge on any atom is 0.327 e. The van der Waals surface area contributed by atoms with E-state index in [1.165, 1.54) is 0 Å². The van der Waals surface area contributed by atoms with Crippen LogP contribution in [0, 0.1) is 5.92 Å². The van der Waals surface area contributed by atoms with Crippen molar-refractivity contribution in [3.8, 4) is 0 Å². The molecule has 0 aromatic rings. The van der Waals surface area contributed by atoms with Gasteiger partial charge in [0.1, 0.15) is 23.9 Å². The number of carboxylic acid groups (broad SMARTS) is 2. The zero-order valence-electron chi connectivity index (χ0n) is 16.8. The van der Waals surface area contributed by atoms with Gasteiger partial charge in [-0.2, -0.15) is 12.6 Å². The van der Waals surface area contributed by atoms with Crippen molar-refractivity contribution in [3.05, 3.63) is 0 Å². The van der Waals surface area contributed by atoms with Crippen LogP contribution in [0.3, 0.4) is 0 Å². The normalized spacial score (nSPS) is 16.2. The molecule has 1 fully saturated rings. The Morgan fingerprint density at radius 3 is 2.06 bits per heavy atom. The summed E-state index contributed by atoms with van der Waals surface area (Å²) in [5.41, 5.74) is 5.68. The summed E-state index contributed by atoms with van der Waals surface area (Å²) in [6.07, 6.45) is 1.97. The first-order valence-electron chi connectivity index (χ1n) is 9.76. The maximum atomic E-state index is 12.2. The molecule has 1 rings (SSSR count). The number of carbonyl (C=O) groups is 6. The van der Waals surface area contributed by atoms with E-state index in [0.29, 0.717) is 0 Å². The smallest absolute Gasteiger partial charge is 0.327 e. The lowest BCUT2D eigenvalue weighted by molar-refractivity contribution is -0.143. The van der Waals surface area contributed by atoms with Crippen molar-refractivity contribution in [2.24, 2.45) is 11.7 Å². The molecule has 1 aliphatic carbocycles. The van der Waals surface area contributed by atoms with Crippen molar-refractivity contribution >= 4 is 48.1 Å². The Kier molecular flexibility index (Phi) is 11.0. The first-order valence-corrected chi connectivity index (χ1v) is 10.4. The number of thiol groups is 1. The molecular formula is C18H28N4O8S. The van der Waals surface area contributed by atoms with Crippen LogP contribution < -0.4 is 21.7 Å². The number of amides is 3. The lowest BCUT2D eigenvalue weighted by atomic mass is 9.81. The summed E-state index contributed by atoms with van der Waals surface area (Å²) in [4.78, 5) is 70.0. The number of aliphatic carboxylic acids is 2. The maximum absolute atomic E-state index is 12.2. The van der Waals surface area contributed by atoms with Crippen molar-refractivity contribution < 1.29 is 39.0 Å². The Morgan fingerprint density at radius 2 is 1.58 bits per heavy atom. The monoisotopic (exact) mass is 460 g/mol. The predicted octanol–water partition coefficient (Wildman–Crippen LogP) is -1.96. The minimum absolute atomic E-state index is 0.0291. The highest BCUT2D eigenvalue weighted by molar-refractivity contribution is 7.80. The summed E-state index contributed by atoms with van der Waals surface area (Å²) >= 11 is 3.79. The van der Waals surface area contributed by atoms with Crippen LogP contribution in [-0.4, -0.2) is 76.1 Å². The van der Waals surface area contributed by atoms with E-state index >= 15 is 0 Å². The molecule has 0 heterocycles. The van der Waals surface area contributed by atoms with E-state index < -0.39 is 54.2 Å². The molecule has 13 heteroatoms. The van der Waals surface area contributed by atoms with Crippen LogP contribution >= 0.6 is 12.6 Å². The lowest BCUT2D eigenvalue weighted by Crippen LogP contribution is -2.57. The predicted molar refractivity (Wildman–Crippen MR) is 110 cm³/mol. The van der Waals surface area contributed by atoms with Gasteiger partial charge in [-0.3, -0.25) is 24.0 Å². The number of ketones is 1. The molecule has 0 aromatic carbocycles. The standard InChI is InChI=1S/C18H28N4O8S/c19-10(7-20-14(24)5-4-13(23)9-2-1-3-9)16(27)21-11(6-15(25)26)17(28)22-12(8-31)18(29)30/h9-12,31H,1-8,19H2,(H,20,24)(H,21,27)(H,22,28)(H,25,26)(H,29,30). The molecule has 0 aromatic heterocycles. The fraction of sp³-hybridized carbons (Fsp3) is 0.667. The average molecular weight is 461 g/mol. The average Bonchev–Trinajstić information content (AvgIpc) is 2.65. The second-order valence-electron chi connectivity index (χ2n) is 7.25. The first kappa shape index (κ1) is 26.4. The highest BCUT2D eigenvalue weighted by atomic mass is 32.1. The zero-order valence-corrected chi connectivity index (χ0v) is 17.7. The number of carbonyl (C=O) groups excluding carboxylic acids is 4. The first-order chi connectivity index (χ1) is 14.5. The zero-order chi connectivity index (χ0) is 23.6. The number of hydrogen-bond acceptors (Lipinski definition) is 8. The van der Waals surface area contributed by atoms with Crippen LogP contribution in [-0.2, 0) is 28.8 Å². The molecule has 0 bridgehead atoms. The molecule has 3 atom stereocenters. The van der Waals surface area contributed by atoms with Gasteiger partial charge >= 0.3 is 11.9 Å².